The Kier molecular flexibility index (Phi) is 2.45. The summed E-state index contributed by atoms with van der Waals surface area (Å²) < 4.78 is 5.17. The fourth-order valence-electron chi connectivity index (χ4n) is 1.31. The lowest BCUT2D eigenvalue weighted by Gasteiger charge is -2.01. The minimum atomic E-state index is -0.579. The second kappa shape index (κ2) is 3.91. The van der Waals surface area contributed by atoms with E-state index in [9.17, 15) is 4.79 Å². The molecule has 2 aromatic heterocycles. The molecule has 1 amide bonds. The molecule has 2 rings (SSSR count). The number of carbonyl (C=O) groups excluding carboxylic acids is 1. The van der Waals surface area contributed by atoms with E-state index in [0.717, 1.165) is 5.76 Å². The first-order valence-electron chi connectivity index (χ1n) is 4.40. The largest absolute Gasteiger partial charge is 0.469 e. The Morgan fingerprint density at radius 1 is 1.47 bits per heavy atom. The molecule has 0 saturated carbocycles. The van der Waals surface area contributed by atoms with Gasteiger partial charge in [0.25, 0.3) is 5.91 Å². The third-order valence-corrected chi connectivity index (χ3v) is 1.98. The van der Waals surface area contributed by atoms with E-state index in [1.165, 1.54) is 6.20 Å². The van der Waals surface area contributed by atoms with Crippen LogP contribution in [-0.4, -0.2) is 16.1 Å². The van der Waals surface area contributed by atoms with Crippen LogP contribution in [0.3, 0.4) is 0 Å². The van der Waals surface area contributed by atoms with Crippen LogP contribution >= 0.6 is 0 Å². The molecule has 0 unspecified atom stereocenters. The van der Waals surface area contributed by atoms with Crippen LogP contribution < -0.4 is 5.73 Å². The molecule has 0 atom stereocenters. The molecule has 15 heavy (non-hydrogen) atoms. The van der Waals surface area contributed by atoms with E-state index in [0.29, 0.717) is 12.0 Å². The van der Waals surface area contributed by atoms with Crippen molar-refractivity contribution in [1.82, 2.24) is 10.2 Å². The summed E-state index contributed by atoms with van der Waals surface area (Å²) in [5.41, 5.74) is 6.08. The van der Waals surface area contributed by atoms with Crippen molar-refractivity contribution in [2.75, 3.05) is 0 Å². The summed E-state index contributed by atoms with van der Waals surface area (Å²) in [6, 6.07) is 5.31. The molecular weight excluding hydrogens is 194 g/mol. The molecule has 0 fully saturated rings. The van der Waals surface area contributed by atoms with E-state index in [-0.39, 0.29) is 5.69 Å². The van der Waals surface area contributed by atoms with Crippen LogP contribution in [0.2, 0.25) is 0 Å². The Labute approximate surface area is 85.9 Å². The molecule has 5 heteroatoms. The summed E-state index contributed by atoms with van der Waals surface area (Å²) in [6.45, 7) is 0. The number of aromatic nitrogens is 2. The lowest BCUT2D eigenvalue weighted by Crippen LogP contribution is -2.16. The second-order valence-corrected chi connectivity index (χ2v) is 3.03. The molecule has 0 aliphatic heterocycles. The minimum Gasteiger partial charge on any atom is -0.469 e. The van der Waals surface area contributed by atoms with Crippen molar-refractivity contribution < 1.29 is 9.21 Å². The standard InChI is InChI=1S/C10H9N3O2/c11-10(14)9-7(3-4-12-13-9)6-8-2-1-5-15-8/h1-5H,6H2,(H2,11,14). The van der Waals surface area contributed by atoms with Crippen LogP contribution in [0.4, 0.5) is 0 Å². The van der Waals surface area contributed by atoms with Crippen LogP contribution in [0.25, 0.3) is 0 Å². The summed E-state index contributed by atoms with van der Waals surface area (Å²) in [4.78, 5) is 11.0. The lowest BCUT2D eigenvalue weighted by atomic mass is 10.1. The summed E-state index contributed by atoms with van der Waals surface area (Å²) >= 11 is 0. The average molecular weight is 203 g/mol. The molecule has 5 nitrogen and oxygen atoms in total. The summed E-state index contributed by atoms with van der Waals surface area (Å²) in [5, 5.41) is 7.31. The smallest absolute Gasteiger partial charge is 0.269 e. The van der Waals surface area contributed by atoms with Crippen molar-refractivity contribution in [3.8, 4) is 0 Å². The third-order valence-electron chi connectivity index (χ3n) is 1.98. The molecule has 0 aliphatic rings. The maximum atomic E-state index is 11.0. The number of amides is 1. The number of hydrogen-bond acceptors (Lipinski definition) is 4. The van der Waals surface area contributed by atoms with E-state index in [2.05, 4.69) is 10.2 Å². The van der Waals surface area contributed by atoms with E-state index in [1.807, 2.05) is 6.07 Å². The Morgan fingerprint density at radius 2 is 2.33 bits per heavy atom. The highest BCUT2D eigenvalue weighted by Gasteiger charge is 2.11. The predicted molar refractivity (Wildman–Crippen MR) is 52.1 cm³/mol. The number of furan rings is 1. The SMILES string of the molecule is NC(=O)c1nnccc1Cc1ccco1. The van der Waals surface area contributed by atoms with Gasteiger partial charge in [0.05, 0.1) is 6.26 Å². The summed E-state index contributed by atoms with van der Waals surface area (Å²) in [6.07, 6.45) is 3.58. The quantitative estimate of drug-likeness (QED) is 0.798. The fourth-order valence-corrected chi connectivity index (χ4v) is 1.31. The highest BCUT2D eigenvalue weighted by Crippen LogP contribution is 2.11. The number of nitrogens with two attached hydrogens (primary N) is 1. The van der Waals surface area contributed by atoms with Crippen LogP contribution in [0.1, 0.15) is 21.8 Å². The van der Waals surface area contributed by atoms with Gasteiger partial charge in [-0.3, -0.25) is 4.79 Å². The number of primary amides is 1. The van der Waals surface area contributed by atoms with Gasteiger partial charge in [0.2, 0.25) is 0 Å². The molecule has 0 aromatic carbocycles. The van der Waals surface area contributed by atoms with Gasteiger partial charge in [-0.2, -0.15) is 5.10 Å². The van der Waals surface area contributed by atoms with Crippen molar-refractivity contribution >= 4 is 5.91 Å². The zero-order valence-corrected chi connectivity index (χ0v) is 7.88. The Bertz CT molecular complexity index is 465. The minimum absolute atomic E-state index is 0.189. The highest BCUT2D eigenvalue weighted by molar-refractivity contribution is 5.92. The topological polar surface area (TPSA) is 82.0 Å². The maximum absolute atomic E-state index is 11.0. The lowest BCUT2D eigenvalue weighted by molar-refractivity contribution is 0.0993. The first kappa shape index (κ1) is 9.39. The molecule has 0 bridgehead atoms. The molecule has 2 heterocycles. The first-order valence-corrected chi connectivity index (χ1v) is 4.40. The Morgan fingerprint density at radius 3 is 3.00 bits per heavy atom. The van der Waals surface area contributed by atoms with E-state index in [4.69, 9.17) is 10.2 Å². The van der Waals surface area contributed by atoms with Gasteiger partial charge in [-0.25, -0.2) is 0 Å². The summed E-state index contributed by atoms with van der Waals surface area (Å²) in [5.74, 6) is 0.176. The van der Waals surface area contributed by atoms with Crippen LogP contribution in [0.15, 0.2) is 35.1 Å². The van der Waals surface area contributed by atoms with Crippen molar-refractivity contribution in [2.45, 2.75) is 6.42 Å². The van der Waals surface area contributed by atoms with Gasteiger partial charge >= 0.3 is 0 Å². The van der Waals surface area contributed by atoms with Crippen LogP contribution in [-0.2, 0) is 6.42 Å². The van der Waals surface area contributed by atoms with Crippen molar-refractivity contribution in [1.29, 1.82) is 0 Å². The van der Waals surface area contributed by atoms with Gasteiger partial charge in [0.1, 0.15) is 5.76 Å². The van der Waals surface area contributed by atoms with Crippen LogP contribution in [0, 0.1) is 0 Å². The average Bonchev–Trinajstić information content (AvgIpc) is 2.71. The number of rotatable bonds is 3. The zero-order chi connectivity index (χ0) is 10.7. The molecular formula is C10H9N3O2. The maximum Gasteiger partial charge on any atom is 0.269 e. The molecule has 2 N–H and O–H groups in total. The van der Waals surface area contributed by atoms with Crippen molar-refractivity contribution in [3.63, 3.8) is 0 Å². The number of nitrogens with zero attached hydrogens (tertiary/aromatic N) is 2. The zero-order valence-electron chi connectivity index (χ0n) is 7.88. The fraction of sp³-hybridized carbons (Fsp3) is 0.100. The third kappa shape index (κ3) is 2.01. The second-order valence-electron chi connectivity index (χ2n) is 3.03. The van der Waals surface area contributed by atoms with Gasteiger partial charge < -0.3 is 10.2 Å². The highest BCUT2D eigenvalue weighted by atomic mass is 16.3. The van der Waals surface area contributed by atoms with Crippen LogP contribution in [0.5, 0.6) is 0 Å². The molecule has 0 saturated heterocycles. The van der Waals surface area contributed by atoms with Crippen molar-refractivity contribution in [3.05, 3.63) is 47.7 Å². The van der Waals surface area contributed by atoms with E-state index >= 15 is 0 Å². The van der Waals surface area contributed by atoms with Gasteiger partial charge in [-0.1, -0.05) is 0 Å². The first-order chi connectivity index (χ1) is 7.27. The van der Waals surface area contributed by atoms with Gasteiger partial charge in [0.15, 0.2) is 5.69 Å². The molecule has 2 aromatic rings. The number of carbonyl (C=O) groups is 1. The molecule has 0 spiro atoms. The van der Waals surface area contributed by atoms with Gasteiger partial charge in [-0.15, -0.1) is 5.10 Å². The molecule has 0 aliphatic carbocycles. The van der Waals surface area contributed by atoms with Gasteiger partial charge in [-0.05, 0) is 23.8 Å². The monoisotopic (exact) mass is 203 g/mol. The Hall–Kier alpha value is -2.17. The molecule has 76 valence electrons. The molecule has 0 radical (unpaired) electrons. The van der Waals surface area contributed by atoms with E-state index in [1.54, 1.807) is 18.4 Å². The normalized spacial score (nSPS) is 10.1. The predicted octanol–water partition coefficient (Wildman–Crippen LogP) is 0.759. The Balaban J connectivity index is 2.32. The van der Waals surface area contributed by atoms with E-state index < -0.39 is 5.91 Å². The van der Waals surface area contributed by atoms with Gasteiger partial charge in [0, 0.05) is 12.6 Å². The summed E-state index contributed by atoms with van der Waals surface area (Å²) in [7, 11) is 0. The number of hydrogen-bond donors (Lipinski definition) is 1. The van der Waals surface area contributed by atoms with Crippen molar-refractivity contribution in [2.24, 2.45) is 5.73 Å².